The quantitative estimate of drug-likeness (QED) is 0.388. The molecule has 0 aromatic heterocycles. The Bertz CT molecular complexity index is 739. The van der Waals surface area contributed by atoms with Crippen LogP contribution >= 0.6 is 0 Å². The summed E-state index contributed by atoms with van der Waals surface area (Å²) in [6.45, 7) is 10.8. The molecule has 0 spiro atoms. The maximum absolute atomic E-state index is 12.9. The highest BCUT2D eigenvalue weighted by Crippen LogP contribution is 2.12. The second-order valence-corrected chi connectivity index (χ2v) is 9.24. The molecule has 9 nitrogen and oxygen atoms in total. The first-order valence-corrected chi connectivity index (χ1v) is 10.5. The van der Waals surface area contributed by atoms with E-state index in [-0.39, 0.29) is 19.6 Å². The van der Waals surface area contributed by atoms with Crippen LogP contribution < -0.4 is 10.8 Å². The SMILES string of the molecule is COC(=O)C[C@H](NOCc1ccccc1)C(=O)N[C@@H](COC(C)(C)C)C(=O)OC(C)(C)C. The van der Waals surface area contributed by atoms with Crippen molar-refractivity contribution in [1.82, 2.24) is 10.8 Å². The van der Waals surface area contributed by atoms with E-state index in [1.807, 2.05) is 51.1 Å². The van der Waals surface area contributed by atoms with Gasteiger partial charge in [0.25, 0.3) is 0 Å². The van der Waals surface area contributed by atoms with Crippen LogP contribution in [0.15, 0.2) is 30.3 Å². The first-order chi connectivity index (χ1) is 14.8. The highest BCUT2D eigenvalue weighted by Gasteiger charge is 2.32. The van der Waals surface area contributed by atoms with E-state index in [2.05, 4.69) is 15.5 Å². The van der Waals surface area contributed by atoms with E-state index in [1.165, 1.54) is 7.11 Å². The lowest BCUT2D eigenvalue weighted by Gasteiger charge is -2.28. The van der Waals surface area contributed by atoms with Gasteiger partial charge in [-0.15, -0.1) is 0 Å². The molecule has 0 aliphatic heterocycles. The third kappa shape index (κ3) is 11.8. The average molecular weight is 453 g/mol. The van der Waals surface area contributed by atoms with E-state index in [0.717, 1.165) is 5.56 Å². The van der Waals surface area contributed by atoms with E-state index in [4.69, 9.17) is 14.3 Å². The first kappa shape index (κ1) is 27.5. The molecule has 0 fully saturated rings. The molecule has 0 unspecified atom stereocenters. The Balaban J connectivity index is 2.88. The second kappa shape index (κ2) is 12.5. The zero-order chi connectivity index (χ0) is 24.4. The average Bonchev–Trinajstić information content (AvgIpc) is 2.68. The monoisotopic (exact) mass is 452 g/mol. The highest BCUT2D eigenvalue weighted by molar-refractivity contribution is 5.90. The van der Waals surface area contributed by atoms with Gasteiger partial charge in [0.05, 0.1) is 32.3 Å². The van der Waals surface area contributed by atoms with Crippen LogP contribution in [0.5, 0.6) is 0 Å². The third-order valence-electron chi connectivity index (χ3n) is 3.91. The number of benzene rings is 1. The fourth-order valence-electron chi connectivity index (χ4n) is 2.38. The van der Waals surface area contributed by atoms with Gasteiger partial charge in [0.15, 0.2) is 6.04 Å². The minimum absolute atomic E-state index is 0.0973. The number of hydroxylamine groups is 1. The Labute approximate surface area is 190 Å². The van der Waals surface area contributed by atoms with E-state index in [0.29, 0.717) is 0 Å². The lowest BCUT2D eigenvalue weighted by Crippen LogP contribution is -2.54. The molecule has 32 heavy (non-hydrogen) atoms. The number of hydrogen-bond acceptors (Lipinski definition) is 8. The van der Waals surface area contributed by atoms with Crippen molar-refractivity contribution in [3.8, 4) is 0 Å². The summed E-state index contributed by atoms with van der Waals surface area (Å²) in [5, 5.41) is 2.60. The molecule has 0 aliphatic carbocycles. The summed E-state index contributed by atoms with van der Waals surface area (Å²) >= 11 is 0. The predicted octanol–water partition coefficient (Wildman–Crippen LogP) is 2.28. The molecule has 1 amide bonds. The molecule has 2 N–H and O–H groups in total. The molecule has 0 heterocycles. The number of ether oxygens (including phenoxy) is 3. The maximum atomic E-state index is 12.9. The summed E-state index contributed by atoms with van der Waals surface area (Å²) in [7, 11) is 1.22. The first-order valence-electron chi connectivity index (χ1n) is 10.5. The van der Waals surface area contributed by atoms with E-state index in [9.17, 15) is 14.4 Å². The van der Waals surface area contributed by atoms with Crippen LogP contribution in [0.25, 0.3) is 0 Å². The van der Waals surface area contributed by atoms with Gasteiger partial charge < -0.3 is 19.5 Å². The Kier molecular flexibility index (Phi) is 10.8. The number of esters is 2. The number of carbonyl (C=O) groups excluding carboxylic acids is 3. The maximum Gasteiger partial charge on any atom is 0.331 e. The van der Waals surface area contributed by atoms with E-state index in [1.54, 1.807) is 20.8 Å². The minimum atomic E-state index is -1.09. The van der Waals surface area contributed by atoms with Gasteiger partial charge in [-0.25, -0.2) is 4.79 Å². The number of amides is 1. The van der Waals surface area contributed by atoms with Gasteiger partial charge in [-0.2, -0.15) is 5.48 Å². The Morgan fingerprint density at radius 2 is 1.56 bits per heavy atom. The summed E-state index contributed by atoms with van der Waals surface area (Å²) < 4.78 is 15.8. The van der Waals surface area contributed by atoms with Crippen molar-refractivity contribution in [2.45, 2.75) is 77.9 Å². The number of nitrogens with one attached hydrogen (secondary N) is 2. The third-order valence-corrected chi connectivity index (χ3v) is 3.91. The van der Waals surface area contributed by atoms with Crippen LogP contribution in [0.3, 0.4) is 0 Å². The van der Waals surface area contributed by atoms with Crippen LogP contribution in [-0.2, 0) is 40.0 Å². The molecule has 180 valence electrons. The summed E-state index contributed by atoms with van der Waals surface area (Å²) in [6, 6.07) is 7.15. The van der Waals surface area contributed by atoms with Crippen molar-refractivity contribution in [1.29, 1.82) is 0 Å². The van der Waals surface area contributed by atoms with E-state index < -0.39 is 41.1 Å². The molecule has 0 saturated carbocycles. The Hall–Kier alpha value is -2.49. The fourth-order valence-corrected chi connectivity index (χ4v) is 2.38. The molecule has 0 aliphatic rings. The summed E-state index contributed by atoms with van der Waals surface area (Å²) in [5.74, 6) is -1.88. The van der Waals surface area contributed by atoms with Crippen LogP contribution in [0.4, 0.5) is 0 Å². The lowest BCUT2D eigenvalue weighted by atomic mass is 10.1. The topological polar surface area (TPSA) is 112 Å². The zero-order valence-electron chi connectivity index (χ0n) is 20.0. The smallest absolute Gasteiger partial charge is 0.331 e. The zero-order valence-corrected chi connectivity index (χ0v) is 20.0. The summed E-state index contributed by atoms with van der Waals surface area (Å²) in [5.41, 5.74) is 2.19. The van der Waals surface area contributed by atoms with Crippen molar-refractivity contribution < 1.29 is 33.4 Å². The van der Waals surface area contributed by atoms with E-state index >= 15 is 0 Å². The standard InChI is InChI=1S/C23H36N2O7/c1-22(2,3)30-15-18(21(28)32-23(4,5)6)24-20(27)17(13-19(26)29-7)25-31-14-16-11-9-8-10-12-16/h8-12,17-18,25H,13-15H2,1-7H3,(H,24,27)/t17-,18-/m0/s1. The molecule has 1 rings (SSSR count). The van der Waals surface area contributed by atoms with Crippen LogP contribution in [0.2, 0.25) is 0 Å². The summed E-state index contributed by atoms with van der Waals surface area (Å²) in [6.07, 6.45) is -0.293. The van der Waals surface area contributed by atoms with Crippen molar-refractivity contribution in [3.05, 3.63) is 35.9 Å². The molecule has 9 heteroatoms. The molecule has 2 atom stereocenters. The van der Waals surface area contributed by atoms with Crippen LogP contribution in [0.1, 0.15) is 53.5 Å². The van der Waals surface area contributed by atoms with Gasteiger partial charge in [0.2, 0.25) is 5.91 Å². The normalized spacial score (nSPS) is 13.7. The van der Waals surface area contributed by atoms with Gasteiger partial charge >= 0.3 is 11.9 Å². The molecule has 0 bridgehead atoms. The molecular formula is C23H36N2O7. The molecule has 1 aromatic carbocycles. The number of methoxy groups -OCH3 is 1. The number of rotatable bonds is 11. The van der Waals surface area contributed by atoms with Gasteiger partial charge in [0, 0.05) is 0 Å². The molecular weight excluding hydrogens is 416 g/mol. The van der Waals surface area contributed by atoms with Crippen molar-refractivity contribution >= 4 is 17.8 Å². The molecule has 0 saturated heterocycles. The van der Waals surface area contributed by atoms with Crippen molar-refractivity contribution in [2.24, 2.45) is 0 Å². The van der Waals surface area contributed by atoms with Gasteiger partial charge in [-0.05, 0) is 47.1 Å². The Morgan fingerprint density at radius 3 is 2.09 bits per heavy atom. The fraction of sp³-hybridized carbons (Fsp3) is 0.609. The largest absolute Gasteiger partial charge is 0.469 e. The molecule has 1 aromatic rings. The number of carbonyl (C=O) groups is 3. The van der Waals surface area contributed by atoms with Crippen molar-refractivity contribution in [3.63, 3.8) is 0 Å². The Morgan fingerprint density at radius 1 is 0.938 bits per heavy atom. The van der Waals surface area contributed by atoms with Crippen molar-refractivity contribution in [2.75, 3.05) is 13.7 Å². The van der Waals surface area contributed by atoms with Gasteiger partial charge in [-0.3, -0.25) is 14.4 Å². The lowest BCUT2D eigenvalue weighted by molar-refractivity contribution is -0.162. The van der Waals surface area contributed by atoms with Gasteiger partial charge in [-0.1, -0.05) is 30.3 Å². The number of hydrogen-bond donors (Lipinski definition) is 2. The molecule has 0 radical (unpaired) electrons. The summed E-state index contributed by atoms with van der Waals surface area (Å²) in [4.78, 5) is 42.8. The second-order valence-electron chi connectivity index (χ2n) is 9.24. The van der Waals surface area contributed by atoms with Crippen LogP contribution in [-0.4, -0.2) is 54.8 Å². The van der Waals surface area contributed by atoms with Crippen LogP contribution in [0, 0.1) is 0 Å². The predicted molar refractivity (Wildman–Crippen MR) is 118 cm³/mol. The van der Waals surface area contributed by atoms with Gasteiger partial charge in [0.1, 0.15) is 11.6 Å². The minimum Gasteiger partial charge on any atom is -0.469 e. The highest BCUT2D eigenvalue weighted by atomic mass is 16.6.